The van der Waals surface area contributed by atoms with Crippen molar-refractivity contribution in [1.29, 1.82) is 0 Å². The lowest BCUT2D eigenvalue weighted by Crippen LogP contribution is -2.47. The quantitative estimate of drug-likeness (QED) is 0.572. The molecule has 1 aromatic carbocycles. The van der Waals surface area contributed by atoms with Crippen molar-refractivity contribution in [1.82, 2.24) is 10.6 Å². The molecule has 0 saturated carbocycles. The van der Waals surface area contributed by atoms with Gasteiger partial charge in [0.2, 0.25) is 5.91 Å². The molecule has 134 valence electrons. The molecular formula is C16H24ClN3O4. The van der Waals surface area contributed by atoms with Crippen LogP contribution in [-0.4, -0.2) is 44.2 Å². The maximum atomic E-state index is 12.1. The molecule has 0 radical (unpaired) electrons. The SMILES string of the molecule is COCC1(CNC(=O)Cc2ccc([N+](=O)[O-])cc2)CCNCC1.Cl. The van der Waals surface area contributed by atoms with Gasteiger partial charge in [-0.25, -0.2) is 0 Å². The zero-order chi connectivity index (χ0) is 16.7. The number of benzene rings is 1. The van der Waals surface area contributed by atoms with E-state index in [1.807, 2.05) is 0 Å². The van der Waals surface area contributed by atoms with Crippen LogP contribution in [0, 0.1) is 15.5 Å². The molecule has 2 rings (SSSR count). The lowest BCUT2D eigenvalue weighted by Gasteiger charge is -2.37. The summed E-state index contributed by atoms with van der Waals surface area (Å²) in [6.07, 6.45) is 2.16. The van der Waals surface area contributed by atoms with Gasteiger partial charge in [0.25, 0.3) is 5.69 Å². The van der Waals surface area contributed by atoms with Gasteiger partial charge < -0.3 is 15.4 Å². The Morgan fingerprint density at radius 1 is 1.33 bits per heavy atom. The summed E-state index contributed by atoms with van der Waals surface area (Å²) >= 11 is 0. The summed E-state index contributed by atoms with van der Waals surface area (Å²) in [6.45, 7) is 3.09. The highest BCUT2D eigenvalue weighted by molar-refractivity contribution is 5.85. The minimum absolute atomic E-state index is 0. The van der Waals surface area contributed by atoms with Gasteiger partial charge in [0.1, 0.15) is 0 Å². The van der Waals surface area contributed by atoms with Crippen LogP contribution in [0.15, 0.2) is 24.3 Å². The Labute approximate surface area is 147 Å². The molecule has 1 aromatic rings. The second-order valence-corrected chi connectivity index (χ2v) is 6.06. The molecule has 0 bridgehead atoms. The van der Waals surface area contributed by atoms with Crippen molar-refractivity contribution >= 4 is 24.0 Å². The first-order valence-corrected chi connectivity index (χ1v) is 7.74. The fourth-order valence-electron chi connectivity index (χ4n) is 2.90. The molecule has 1 fully saturated rings. The molecule has 24 heavy (non-hydrogen) atoms. The average Bonchev–Trinajstić information content (AvgIpc) is 2.55. The molecule has 8 heteroatoms. The van der Waals surface area contributed by atoms with Gasteiger partial charge in [-0.3, -0.25) is 14.9 Å². The lowest BCUT2D eigenvalue weighted by molar-refractivity contribution is -0.384. The minimum atomic E-state index is -0.449. The fourth-order valence-corrected chi connectivity index (χ4v) is 2.90. The van der Waals surface area contributed by atoms with Crippen LogP contribution in [0.4, 0.5) is 5.69 Å². The maximum absolute atomic E-state index is 12.1. The molecule has 1 saturated heterocycles. The molecule has 1 aliphatic heterocycles. The van der Waals surface area contributed by atoms with E-state index < -0.39 is 4.92 Å². The van der Waals surface area contributed by atoms with Crippen molar-refractivity contribution in [2.24, 2.45) is 5.41 Å². The second kappa shape index (κ2) is 9.56. The number of nitrogens with zero attached hydrogens (tertiary/aromatic N) is 1. The van der Waals surface area contributed by atoms with Gasteiger partial charge in [-0.05, 0) is 31.5 Å². The van der Waals surface area contributed by atoms with Crippen LogP contribution >= 0.6 is 12.4 Å². The fraction of sp³-hybridized carbons (Fsp3) is 0.562. The Hall–Kier alpha value is -1.70. The van der Waals surface area contributed by atoms with Crippen LogP contribution in [0.2, 0.25) is 0 Å². The predicted octanol–water partition coefficient (Wildman–Crippen LogP) is 1.69. The summed E-state index contributed by atoms with van der Waals surface area (Å²) < 4.78 is 5.33. The molecule has 0 unspecified atom stereocenters. The zero-order valence-corrected chi connectivity index (χ0v) is 14.6. The Morgan fingerprint density at radius 2 is 1.96 bits per heavy atom. The molecule has 0 atom stereocenters. The normalized spacial score (nSPS) is 16.0. The summed E-state index contributed by atoms with van der Waals surface area (Å²) in [5.41, 5.74) is 0.785. The van der Waals surface area contributed by atoms with E-state index in [9.17, 15) is 14.9 Å². The van der Waals surface area contributed by atoms with Crippen molar-refractivity contribution in [3.8, 4) is 0 Å². The van der Waals surface area contributed by atoms with Crippen LogP contribution in [0.25, 0.3) is 0 Å². The average molecular weight is 358 g/mol. The summed E-state index contributed by atoms with van der Waals surface area (Å²) in [6, 6.07) is 6.07. The smallest absolute Gasteiger partial charge is 0.269 e. The van der Waals surface area contributed by atoms with Gasteiger partial charge in [0.05, 0.1) is 18.0 Å². The molecule has 0 aromatic heterocycles. The third-order valence-electron chi connectivity index (χ3n) is 4.29. The number of hydrogen-bond donors (Lipinski definition) is 2. The Morgan fingerprint density at radius 3 is 2.50 bits per heavy atom. The van der Waals surface area contributed by atoms with Gasteiger partial charge in [0, 0.05) is 31.2 Å². The largest absolute Gasteiger partial charge is 0.384 e. The number of ether oxygens (including phenoxy) is 1. The Bertz CT molecular complexity index is 539. The van der Waals surface area contributed by atoms with Crippen LogP contribution < -0.4 is 10.6 Å². The number of carbonyl (C=O) groups excluding carboxylic acids is 1. The van der Waals surface area contributed by atoms with E-state index >= 15 is 0 Å². The van der Waals surface area contributed by atoms with Crippen molar-refractivity contribution in [3.63, 3.8) is 0 Å². The number of nitrogens with one attached hydrogen (secondary N) is 2. The van der Waals surface area contributed by atoms with Crippen molar-refractivity contribution < 1.29 is 14.5 Å². The summed E-state index contributed by atoms with van der Waals surface area (Å²) in [4.78, 5) is 22.3. The Kier molecular flexibility index (Phi) is 8.10. The second-order valence-electron chi connectivity index (χ2n) is 6.06. The van der Waals surface area contributed by atoms with Crippen molar-refractivity contribution in [2.45, 2.75) is 19.3 Å². The number of nitro benzene ring substituents is 1. The molecule has 0 spiro atoms. The molecular weight excluding hydrogens is 334 g/mol. The lowest BCUT2D eigenvalue weighted by atomic mass is 9.79. The number of halogens is 1. The number of rotatable bonds is 7. The first-order valence-electron chi connectivity index (χ1n) is 7.74. The van der Waals surface area contributed by atoms with Gasteiger partial charge >= 0.3 is 0 Å². The van der Waals surface area contributed by atoms with Gasteiger partial charge in [0.15, 0.2) is 0 Å². The number of amides is 1. The maximum Gasteiger partial charge on any atom is 0.269 e. The van der Waals surface area contributed by atoms with Gasteiger partial charge in [-0.1, -0.05) is 12.1 Å². The van der Waals surface area contributed by atoms with E-state index in [1.165, 1.54) is 12.1 Å². The number of methoxy groups -OCH3 is 1. The highest BCUT2D eigenvalue weighted by Gasteiger charge is 2.32. The number of hydrogen-bond acceptors (Lipinski definition) is 5. The highest BCUT2D eigenvalue weighted by Crippen LogP contribution is 2.28. The van der Waals surface area contributed by atoms with Crippen LogP contribution in [0.3, 0.4) is 0 Å². The first-order chi connectivity index (χ1) is 11.0. The third kappa shape index (κ3) is 5.74. The van der Waals surface area contributed by atoms with E-state index in [2.05, 4.69) is 10.6 Å². The van der Waals surface area contributed by atoms with Crippen LogP contribution in [-0.2, 0) is 16.0 Å². The zero-order valence-electron chi connectivity index (χ0n) is 13.7. The van der Waals surface area contributed by atoms with E-state index in [0.717, 1.165) is 31.5 Å². The van der Waals surface area contributed by atoms with Gasteiger partial charge in [-0.15, -0.1) is 12.4 Å². The number of piperidine rings is 1. The minimum Gasteiger partial charge on any atom is -0.384 e. The van der Waals surface area contributed by atoms with Crippen LogP contribution in [0.1, 0.15) is 18.4 Å². The molecule has 1 heterocycles. The summed E-state index contributed by atoms with van der Waals surface area (Å²) in [7, 11) is 1.68. The number of non-ortho nitro benzene ring substituents is 1. The van der Waals surface area contributed by atoms with Crippen molar-refractivity contribution in [3.05, 3.63) is 39.9 Å². The number of nitro groups is 1. The summed E-state index contributed by atoms with van der Waals surface area (Å²) in [5.74, 6) is -0.0761. The standard InChI is InChI=1S/C16H23N3O4.ClH/c1-23-12-16(6-8-17-9-7-16)11-18-15(20)10-13-2-4-14(5-3-13)19(21)22;/h2-5,17H,6-12H2,1H3,(H,18,20);1H. The summed E-state index contributed by atoms with van der Waals surface area (Å²) in [5, 5.41) is 16.9. The van der Waals surface area contributed by atoms with Crippen LogP contribution in [0.5, 0.6) is 0 Å². The van der Waals surface area contributed by atoms with E-state index in [0.29, 0.717) is 13.2 Å². The monoisotopic (exact) mass is 357 g/mol. The first kappa shape index (κ1) is 20.3. The third-order valence-corrected chi connectivity index (χ3v) is 4.29. The Balaban J connectivity index is 0.00000288. The topological polar surface area (TPSA) is 93.5 Å². The molecule has 2 N–H and O–H groups in total. The molecule has 7 nitrogen and oxygen atoms in total. The van der Waals surface area contributed by atoms with Crippen molar-refractivity contribution in [2.75, 3.05) is 33.4 Å². The molecule has 1 amide bonds. The predicted molar refractivity (Wildman–Crippen MR) is 93.5 cm³/mol. The van der Waals surface area contributed by atoms with E-state index in [1.54, 1.807) is 19.2 Å². The highest BCUT2D eigenvalue weighted by atomic mass is 35.5. The molecule has 1 aliphatic rings. The molecule has 0 aliphatic carbocycles. The number of carbonyl (C=O) groups is 1. The van der Waals surface area contributed by atoms with E-state index in [-0.39, 0.29) is 35.8 Å². The van der Waals surface area contributed by atoms with E-state index in [4.69, 9.17) is 4.74 Å². The van der Waals surface area contributed by atoms with Gasteiger partial charge in [-0.2, -0.15) is 0 Å².